The molecule has 2 aromatic heterocycles. The van der Waals surface area contributed by atoms with Gasteiger partial charge in [0.25, 0.3) is 5.91 Å². The number of aromatic nitrogens is 2. The molecule has 2 N–H and O–H groups in total. The van der Waals surface area contributed by atoms with E-state index in [1.165, 1.54) is 29.4 Å². The molecular formula is C24H19N5O3S2. The lowest BCUT2D eigenvalue weighted by atomic mass is 9.92. The summed E-state index contributed by atoms with van der Waals surface area (Å²) >= 11 is 2.74. The van der Waals surface area contributed by atoms with E-state index in [1.54, 1.807) is 31.2 Å². The van der Waals surface area contributed by atoms with E-state index in [9.17, 15) is 14.4 Å². The molecule has 4 aromatic rings. The third kappa shape index (κ3) is 3.91. The molecule has 8 nitrogen and oxygen atoms in total. The minimum Gasteiger partial charge on any atom is -0.318 e. The quantitative estimate of drug-likeness (QED) is 0.241. The molecule has 2 aromatic carbocycles. The average molecular weight is 490 g/mol. The zero-order valence-electron chi connectivity index (χ0n) is 18.0. The Bertz CT molecular complexity index is 1390. The van der Waals surface area contributed by atoms with Crippen molar-refractivity contribution in [1.29, 1.82) is 0 Å². The topological polar surface area (TPSA) is 104 Å². The van der Waals surface area contributed by atoms with Gasteiger partial charge in [0.15, 0.2) is 0 Å². The van der Waals surface area contributed by atoms with Crippen molar-refractivity contribution in [1.82, 2.24) is 25.7 Å². The van der Waals surface area contributed by atoms with Gasteiger partial charge in [0.05, 0.1) is 11.1 Å². The SMILES string of the molecule is C[C@]1(c2ccccc2)NC(=O)N(NC(=O)CSc2ncnc3scc(-c4ccccc4)c23)C1=O. The van der Waals surface area contributed by atoms with E-state index < -0.39 is 23.4 Å². The molecular weight excluding hydrogens is 470 g/mol. The standard InChI is InChI=1S/C24H19N5O3S2/c1-24(16-10-6-3-7-11-16)22(31)29(23(32)27-24)28-18(30)13-34-21-19-17(15-8-4-2-5-9-15)12-33-20(19)25-14-26-21/h2-12,14H,13H2,1H3,(H,27,32)(H,28,30)/t24-/m1/s1. The fraction of sp³-hybridized carbons (Fsp3) is 0.125. The third-order valence-electron chi connectivity index (χ3n) is 5.54. The number of amides is 4. The maximum absolute atomic E-state index is 13.0. The number of nitrogens with one attached hydrogen (secondary N) is 2. The Balaban J connectivity index is 1.32. The van der Waals surface area contributed by atoms with Gasteiger partial charge in [-0.1, -0.05) is 72.4 Å². The molecule has 10 heteroatoms. The van der Waals surface area contributed by atoms with Crippen molar-refractivity contribution in [2.75, 3.05) is 5.75 Å². The Labute approximate surface area is 203 Å². The maximum atomic E-state index is 13.0. The summed E-state index contributed by atoms with van der Waals surface area (Å²) < 4.78 is 0. The van der Waals surface area contributed by atoms with E-state index >= 15 is 0 Å². The number of thioether (sulfide) groups is 1. The highest BCUT2D eigenvalue weighted by atomic mass is 32.2. The summed E-state index contributed by atoms with van der Waals surface area (Å²) in [7, 11) is 0. The lowest BCUT2D eigenvalue weighted by Crippen LogP contribution is -2.48. The lowest BCUT2D eigenvalue weighted by molar-refractivity contribution is -0.138. The van der Waals surface area contributed by atoms with Crippen LogP contribution in [0, 0.1) is 0 Å². The summed E-state index contributed by atoms with van der Waals surface area (Å²) in [6, 6.07) is 18.1. The average Bonchev–Trinajstić information content (AvgIpc) is 3.39. The second-order valence-electron chi connectivity index (χ2n) is 7.76. The second kappa shape index (κ2) is 8.88. The van der Waals surface area contributed by atoms with Gasteiger partial charge in [0, 0.05) is 10.9 Å². The predicted octanol–water partition coefficient (Wildman–Crippen LogP) is 3.95. The largest absolute Gasteiger partial charge is 0.344 e. The molecule has 1 aliphatic rings. The van der Waals surface area contributed by atoms with Crippen LogP contribution in [-0.2, 0) is 15.1 Å². The van der Waals surface area contributed by atoms with Crippen LogP contribution in [0.25, 0.3) is 21.3 Å². The fourth-order valence-electron chi connectivity index (χ4n) is 3.79. The molecule has 0 spiro atoms. The third-order valence-corrected chi connectivity index (χ3v) is 7.41. The molecule has 0 bridgehead atoms. The number of hydrazine groups is 1. The second-order valence-corrected chi connectivity index (χ2v) is 9.58. The Morgan fingerprint density at radius 3 is 2.53 bits per heavy atom. The van der Waals surface area contributed by atoms with E-state index in [-0.39, 0.29) is 5.75 Å². The van der Waals surface area contributed by atoms with Gasteiger partial charge < -0.3 is 5.32 Å². The first-order chi connectivity index (χ1) is 16.5. The van der Waals surface area contributed by atoms with Crippen LogP contribution in [-0.4, -0.2) is 38.6 Å². The van der Waals surface area contributed by atoms with E-state index in [2.05, 4.69) is 20.7 Å². The highest BCUT2D eigenvalue weighted by molar-refractivity contribution is 8.00. The van der Waals surface area contributed by atoms with Crippen LogP contribution in [0.1, 0.15) is 12.5 Å². The number of urea groups is 1. The van der Waals surface area contributed by atoms with Gasteiger partial charge in [-0.15, -0.1) is 11.3 Å². The number of carbonyl (C=O) groups excluding carboxylic acids is 3. The number of carbonyl (C=O) groups is 3. The minimum absolute atomic E-state index is 0.0324. The summed E-state index contributed by atoms with van der Waals surface area (Å²) in [6.07, 6.45) is 1.47. The molecule has 1 fully saturated rings. The Morgan fingerprint density at radius 2 is 1.79 bits per heavy atom. The Hall–Kier alpha value is -3.76. The van der Waals surface area contributed by atoms with Crippen molar-refractivity contribution in [3.8, 4) is 11.1 Å². The van der Waals surface area contributed by atoms with Crippen molar-refractivity contribution in [3.63, 3.8) is 0 Å². The van der Waals surface area contributed by atoms with Crippen LogP contribution in [0.3, 0.4) is 0 Å². The van der Waals surface area contributed by atoms with Crippen molar-refractivity contribution in [3.05, 3.63) is 77.9 Å². The summed E-state index contributed by atoms with van der Waals surface area (Å²) in [5.41, 5.74) is 3.85. The van der Waals surface area contributed by atoms with E-state index in [0.29, 0.717) is 10.6 Å². The van der Waals surface area contributed by atoms with Crippen LogP contribution in [0.5, 0.6) is 0 Å². The molecule has 5 rings (SSSR count). The number of nitrogens with zero attached hydrogens (tertiary/aromatic N) is 3. The molecule has 3 heterocycles. The lowest BCUT2D eigenvalue weighted by Gasteiger charge is -2.22. The van der Waals surface area contributed by atoms with E-state index in [1.807, 2.05) is 41.8 Å². The maximum Gasteiger partial charge on any atom is 0.344 e. The first-order valence-corrected chi connectivity index (χ1v) is 12.3. The highest BCUT2D eigenvalue weighted by Gasteiger charge is 2.49. The Morgan fingerprint density at radius 1 is 1.09 bits per heavy atom. The number of thiophene rings is 1. The number of rotatable bonds is 6. The van der Waals surface area contributed by atoms with E-state index in [0.717, 1.165) is 26.4 Å². The predicted molar refractivity (Wildman–Crippen MR) is 131 cm³/mol. The Kier molecular flexibility index (Phi) is 5.76. The zero-order valence-corrected chi connectivity index (χ0v) is 19.7. The molecule has 170 valence electrons. The fourth-order valence-corrected chi connectivity index (χ4v) is 5.57. The van der Waals surface area contributed by atoms with Crippen molar-refractivity contribution in [2.45, 2.75) is 17.5 Å². The monoisotopic (exact) mass is 489 g/mol. The van der Waals surface area contributed by atoms with Crippen molar-refractivity contribution in [2.24, 2.45) is 0 Å². The van der Waals surface area contributed by atoms with Crippen LogP contribution in [0.2, 0.25) is 0 Å². The van der Waals surface area contributed by atoms with Crippen LogP contribution < -0.4 is 10.7 Å². The number of imide groups is 1. The summed E-state index contributed by atoms with van der Waals surface area (Å²) in [5, 5.41) is 6.97. The molecule has 0 aliphatic carbocycles. The van der Waals surface area contributed by atoms with Gasteiger partial charge in [0.2, 0.25) is 5.91 Å². The molecule has 1 atom stereocenters. The van der Waals surface area contributed by atoms with Gasteiger partial charge in [-0.2, -0.15) is 5.01 Å². The van der Waals surface area contributed by atoms with E-state index in [4.69, 9.17) is 0 Å². The number of benzene rings is 2. The molecule has 34 heavy (non-hydrogen) atoms. The zero-order chi connectivity index (χ0) is 23.7. The minimum atomic E-state index is -1.25. The molecule has 0 saturated carbocycles. The van der Waals surface area contributed by atoms with Crippen molar-refractivity contribution >= 4 is 51.2 Å². The first-order valence-electron chi connectivity index (χ1n) is 10.4. The normalized spacial score (nSPS) is 17.7. The van der Waals surface area contributed by atoms with Crippen molar-refractivity contribution < 1.29 is 14.4 Å². The molecule has 0 radical (unpaired) electrons. The van der Waals surface area contributed by atoms with Crippen LogP contribution in [0.15, 0.2) is 77.4 Å². The summed E-state index contributed by atoms with van der Waals surface area (Å²) in [5.74, 6) is -1.07. The number of hydrogen-bond donors (Lipinski definition) is 2. The molecule has 4 amide bonds. The molecule has 1 saturated heterocycles. The molecule has 0 unspecified atom stereocenters. The van der Waals surface area contributed by atoms with Crippen LogP contribution in [0.4, 0.5) is 4.79 Å². The van der Waals surface area contributed by atoms with Gasteiger partial charge in [-0.3, -0.25) is 15.0 Å². The smallest absolute Gasteiger partial charge is 0.318 e. The first kappa shape index (κ1) is 22.1. The summed E-state index contributed by atoms with van der Waals surface area (Å²) in [6.45, 7) is 1.61. The van der Waals surface area contributed by atoms with Gasteiger partial charge in [-0.25, -0.2) is 14.8 Å². The number of hydrogen-bond acceptors (Lipinski definition) is 7. The highest BCUT2D eigenvalue weighted by Crippen LogP contribution is 2.37. The van der Waals surface area contributed by atoms with Crippen LogP contribution >= 0.6 is 23.1 Å². The van der Waals surface area contributed by atoms with Gasteiger partial charge in [0.1, 0.15) is 21.7 Å². The number of fused-ring (bicyclic) bond motifs is 1. The molecule has 1 aliphatic heterocycles. The van der Waals surface area contributed by atoms with Gasteiger partial charge >= 0.3 is 6.03 Å². The summed E-state index contributed by atoms with van der Waals surface area (Å²) in [4.78, 5) is 47.7. The van der Waals surface area contributed by atoms with Gasteiger partial charge in [-0.05, 0) is 18.1 Å².